The molecule has 0 unspecified atom stereocenters. The minimum Gasteiger partial charge on any atom is -0.495 e. The van der Waals surface area contributed by atoms with Crippen molar-refractivity contribution >= 4 is 10.9 Å². The molecule has 0 saturated carbocycles. The Morgan fingerprint density at radius 2 is 2.36 bits per heavy atom. The molecule has 0 aliphatic carbocycles. The highest BCUT2D eigenvalue weighted by molar-refractivity contribution is 5.85. The van der Waals surface area contributed by atoms with Crippen LogP contribution in [0.1, 0.15) is 0 Å². The number of ether oxygens (including phenoxy) is 1. The Labute approximate surface area is 64.8 Å². The molecule has 0 fully saturated rings. The first-order valence-corrected chi connectivity index (χ1v) is 3.43. The molecule has 0 amide bonds. The van der Waals surface area contributed by atoms with Gasteiger partial charge in [0.05, 0.1) is 7.11 Å². The van der Waals surface area contributed by atoms with Crippen LogP contribution >= 0.6 is 0 Å². The van der Waals surface area contributed by atoms with Crippen molar-refractivity contribution in [1.82, 2.24) is 4.98 Å². The van der Waals surface area contributed by atoms with E-state index in [4.69, 9.17) is 4.74 Å². The number of rotatable bonds is 1. The third-order valence-corrected chi connectivity index (χ3v) is 1.69. The maximum Gasteiger partial charge on any atom is 0.136 e. The van der Waals surface area contributed by atoms with E-state index in [0.717, 1.165) is 16.7 Å². The molecule has 0 bridgehead atoms. The minimum absolute atomic E-state index is 0.795. The van der Waals surface area contributed by atoms with Gasteiger partial charge in [-0.2, -0.15) is 0 Å². The monoisotopic (exact) mass is 146 g/mol. The molecule has 1 radical (unpaired) electrons. The van der Waals surface area contributed by atoms with E-state index in [2.05, 4.69) is 11.1 Å². The minimum atomic E-state index is 0.795. The number of benzene rings is 1. The number of fused-ring (bicyclic) bond motifs is 1. The van der Waals surface area contributed by atoms with Crippen LogP contribution < -0.4 is 4.74 Å². The van der Waals surface area contributed by atoms with E-state index < -0.39 is 0 Å². The Hall–Kier alpha value is -1.44. The average molecular weight is 146 g/mol. The van der Waals surface area contributed by atoms with Gasteiger partial charge in [0.1, 0.15) is 5.75 Å². The topological polar surface area (TPSA) is 25.0 Å². The lowest BCUT2D eigenvalue weighted by Gasteiger charge is -1.98. The van der Waals surface area contributed by atoms with Crippen molar-refractivity contribution in [2.24, 2.45) is 0 Å². The van der Waals surface area contributed by atoms with Crippen molar-refractivity contribution in [2.75, 3.05) is 7.11 Å². The van der Waals surface area contributed by atoms with Crippen LogP contribution in [0.5, 0.6) is 5.75 Å². The molecule has 0 aliphatic rings. The second-order valence-corrected chi connectivity index (χ2v) is 2.32. The molecule has 1 aromatic carbocycles. The Bertz CT molecular complexity index is 364. The highest BCUT2D eigenvalue weighted by Crippen LogP contribution is 2.22. The van der Waals surface area contributed by atoms with E-state index in [1.165, 1.54) is 0 Å². The van der Waals surface area contributed by atoms with Gasteiger partial charge in [-0.1, -0.05) is 0 Å². The Kier molecular flexibility index (Phi) is 1.32. The number of methoxy groups -OCH3 is 1. The van der Waals surface area contributed by atoms with E-state index in [9.17, 15) is 0 Å². The van der Waals surface area contributed by atoms with Crippen LogP contribution in [0.15, 0.2) is 24.4 Å². The Morgan fingerprint density at radius 1 is 1.45 bits per heavy atom. The molecule has 0 spiro atoms. The van der Waals surface area contributed by atoms with E-state index in [-0.39, 0.29) is 0 Å². The van der Waals surface area contributed by atoms with Crippen LogP contribution in [0.2, 0.25) is 0 Å². The molecule has 55 valence electrons. The summed E-state index contributed by atoms with van der Waals surface area (Å²) >= 11 is 0. The lowest BCUT2D eigenvalue weighted by atomic mass is 10.2. The molecular weight excluding hydrogens is 138 g/mol. The standard InChI is InChI=1S/C9H8NO/c1-11-9-4-2-3-8-7(9)5-6-10-8/h2-3,5-6,10H,1H3. The van der Waals surface area contributed by atoms with Crippen LogP contribution in [0.4, 0.5) is 0 Å². The quantitative estimate of drug-likeness (QED) is 0.653. The predicted molar refractivity (Wildman–Crippen MR) is 43.7 cm³/mol. The van der Waals surface area contributed by atoms with Crippen molar-refractivity contribution in [3.8, 4) is 5.75 Å². The zero-order valence-corrected chi connectivity index (χ0v) is 6.22. The van der Waals surface area contributed by atoms with Gasteiger partial charge in [0.25, 0.3) is 0 Å². The van der Waals surface area contributed by atoms with Gasteiger partial charge in [-0.3, -0.25) is 0 Å². The van der Waals surface area contributed by atoms with E-state index >= 15 is 0 Å². The molecule has 0 aliphatic heterocycles. The van der Waals surface area contributed by atoms with Crippen molar-refractivity contribution in [1.29, 1.82) is 0 Å². The highest BCUT2D eigenvalue weighted by atomic mass is 16.5. The molecule has 0 saturated heterocycles. The summed E-state index contributed by atoms with van der Waals surface area (Å²) in [5.74, 6) is 0.795. The summed E-state index contributed by atoms with van der Waals surface area (Å²) in [6.45, 7) is 0. The van der Waals surface area contributed by atoms with Gasteiger partial charge in [-0.25, -0.2) is 0 Å². The normalized spacial score (nSPS) is 10.3. The number of aromatic amines is 1. The SMILES string of the molecule is COc1[c]ccc2[nH]ccc12. The van der Waals surface area contributed by atoms with Gasteiger partial charge >= 0.3 is 0 Å². The van der Waals surface area contributed by atoms with Gasteiger partial charge in [0.15, 0.2) is 0 Å². The number of nitrogens with one attached hydrogen (secondary N) is 1. The van der Waals surface area contributed by atoms with Crippen molar-refractivity contribution < 1.29 is 4.74 Å². The summed E-state index contributed by atoms with van der Waals surface area (Å²) in [6.07, 6.45) is 1.89. The summed E-state index contributed by atoms with van der Waals surface area (Å²) in [5.41, 5.74) is 1.08. The maximum atomic E-state index is 5.11. The second kappa shape index (κ2) is 2.31. The van der Waals surface area contributed by atoms with Gasteiger partial charge < -0.3 is 9.72 Å². The molecule has 0 atom stereocenters. The third kappa shape index (κ3) is 0.871. The largest absolute Gasteiger partial charge is 0.495 e. The Morgan fingerprint density at radius 3 is 3.18 bits per heavy atom. The number of hydrogen-bond acceptors (Lipinski definition) is 1. The van der Waals surface area contributed by atoms with Gasteiger partial charge in [0.2, 0.25) is 0 Å². The molecule has 1 heterocycles. The summed E-state index contributed by atoms with van der Waals surface area (Å²) in [5, 5.41) is 1.08. The molecule has 2 aromatic rings. The molecular formula is C9H8NO. The van der Waals surface area contributed by atoms with Crippen LogP contribution in [-0.2, 0) is 0 Å². The van der Waals surface area contributed by atoms with E-state index in [0.29, 0.717) is 0 Å². The lowest BCUT2D eigenvalue weighted by Crippen LogP contribution is -1.82. The van der Waals surface area contributed by atoms with Crippen molar-refractivity contribution in [3.05, 3.63) is 30.5 Å². The number of aromatic nitrogens is 1. The number of hydrogen-bond donors (Lipinski definition) is 1. The predicted octanol–water partition coefficient (Wildman–Crippen LogP) is 1.98. The smallest absolute Gasteiger partial charge is 0.136 e. The van der Waals surface area contributed by atoms with Crippen molar-refractivity contribution in [2.45, 2.75) is 0 Å². The highest BCUT2D eigenvalue weighted by Gasteiger charge is 1.99. The first kappa shape index (κ1) is 6.28. The maximum absolute atomic E-state index is 5.11. The fourth-order valence-corrected chi connectivity index (χ4v) is 1.17. The zero-order valence-electron chi connectivity index (χ0n) is 6.22. The average Bonchev–Trinajstić information content (AvgIpc) is 2.50. The fraction of sp³-hybridized carbons (Fsp3) is 0.111. The number of H-pyrrole nitrogens is 1. The van der Waals surface area contributed by atoms with Gasteiger partial charge in [0, 0.05) is 23.2 Å². The van der Waals surface area contributed by atoms with Crippen LogP contribution in [-0.4, -0.2) is 12.1 Å². The third-order valence-electron chi connectivity index (χ3n) is 1.69. The molecule has 1 aromatic heterocycles. The molecule has 2 nitrogen and oxygen atoms in total. The summed E-state index contributed by atoms with van der Waals surface area (Å²) in [6, 6.07) is 8.80. The molecule has 11 heavy (non-hydrogen) atoms. The van der Waals surface area contributed by atoms with Crippen LogP contribution in [0.3, 0.4) is 0 Å². The van der Waals surface area contributed by atoms with Crippen LogP contribution in [0.25, 0.3) is 10.9 Å². The van der Waals surface area contributed by atoms with Crippen molar-refractivity contribution in [3.63, 3.8) is 0 Å². The zero-order chi connectivity index (χ0) is 7.68. The first-order chi connectivity index (χ1) is 5.42. The lowest BCUT2D eigenvalue weighted by molar-refractivity contribution is 0.419. The summed E-state index contributed by atoms with van der Waals surface area (Å²) in [4.78, 5) is 3.09. The Balaban J connectivity index is 2.79. The first-order valence-electron chi connectivity index (χ1n) is 3.43. The van der Waals surface area contributed by atoms with Gasteiger partial charge in [-0.05, 0) is 18.2 Å². The summed E-state index contributed by atoms with van der Waals surface area (Å²) < 4.78 is 5.11. The molecule has 1 N–H and O–H groups in total. The van der Waals surface area contributed by atoms with Gasteiger partial charge in [-0.15, -0.1) is 0 Å². The molecule has 2 heteroatoms. The second-order valence-electron chi connectivity index (χ2n) is 2.32. The van der Waals surface area contributed by atoms with Crippen LogP contribution in [0, 0.1) is 6.07 Å². The summed E-state index contributed by atoms with van der Waals surface area (Å²) in [7, 11) is 1.65. The van der Waals surface area contributed by atoms with E-state index in [1.807, 2.05) is 24.4 Å². The fourth-order valence-electron chi connectivity index (χ4n) is 1.17. The molecule has 2 rings (SSSR count). The van der Waals surface area contributed by atoms with E-state index in [1.54, 1.807) is 7.11 Å².